The molecule has 0 aliphatic carbocycles. The molecule has 1 atom stereocenters. The first-order valence-corrected chi connectivity index (χ1v) is 8.76. The number of carbonyl (C=O) groups is 2. The molecule has 2 amide bonds. The summed E-state index contributed by atoms with van der Waals surface area (Å²) in [5.74, 6) is 0.298. The van der Waals surface area contributed by atoms with Gasteiger partial charge in [-0.15, -0.1) is 0 Å². The highest BCUT2D eigenvalue weighted by Gasteiger charge is 2.31. The van der Waals surface area contributed by atoms with Crippen LogP contribution in [-0.2, 0) is 9.59 Å². The Bertz CT molecular complexity index is 913. The van der Waals surface area contributed by atoms with Crippen LogP contribution in [0.1, 0.15) is 12.0 Å². The van der Waals surface area contributed by atoms with Crippen LogP contribution < -0.4 is 19.7 Å². The first-order valence-electron chi connectivity index (χ1n) is 8.76. The summed E-state index contributed by atoms with van der Waals surface area (Å²) >= 11 is 0. The van der Waals surface area contributed by atoms with Gasteiger partial charge in [0.25, 0.3) is 0 Å². The summed E-state index contributed by atoms with van der Waals surface area (Å²) in [5.41, 5.74) is 1.26. The van der Waals surface area contributed by atoms with Crippen molar-refractivity contribution >= 4 is 23.6 Å². The van der Waals surface area contributed by atoms with Crippen molar-refractivity contribution in [1.29, 1.82) is 0 Å². The maximum Gasteiger partial charge on any atom is 0.244 e. The Hall–Kier alpha value is -3.35. The average molecular weight is 384 g/mol. The molecule has 3 rings (SSSR count). The highest BCUT2D eigenvalue weighted by Crippen LogP contribution is 2.28. The number of hydrogen-bond donors (Lipinski definition) is 1. The summed E-state index contributed by atoms with van der Waals surface area (Å²) in [6, 6.07) is 10.8. The van der Waals surface area contributed by atoms with Gasteiger partial charge in [-0.25, -0.2) is 4.39 Å². The minimum Gasteiger partial charge on any atom is -0.493 e. The predicted octanol–water partition coefficient (Wildman–Crippen LogP) is 2.78. The van der Waals surface area contributed by atoms with Gasteiger partial charge in [-0.1, -0.05) is 12.1 Å². The van der Waals surface area contributed by atoms with Crippen LogP contribution in [0.25, 0.3) is 6.08 Å². The summed E-state index contributed by atoms with van der Waals surface area (Å²) < 4.78 is 23.8. The lowest BCUT2D eigenvalue weighted by Gasteiger charge is -2.17. The molecule has 1 fully saturated rings. The number of nitrogens with one attached hydrogen (secondary N) is 1. The van der Waals surface area contributed by atoms with Gasteiger partial charge in [-0.2, -0.15) is 0 Å². The lowest BCUT2D eigenvalue weighted by atomic mass is 10.2. The van der Waals surface area contributed by atoms with Crippen molar-refractivity contribution in [3.05, 3.63) is 59.9 Å². The SMILES string of the molecule is COc1ccc(/C=C\C(=O)N[C@H]2CC(=O)N(c3cccc(F)c3)C2)cc1OC. The fourth-order valence-corrected chi connectivity index (χ4v) is 3.08. The second-order valence-electron chi connectivity index (χ2n) is 6.34. The van der Waals surface area contributed by atoms with E-state index in [4.69, 9.17) is 9.47 Å². The van der Waals surface area contributed by atoms with Crippen molar-refractivity contribution in [2.24, 2.45) is 0 Å². The third-order valence-electron chi connectivity index (χ3n) is 4.43. The minimum atomic E-state index is -0.407. The van der Waals surface area contributed by atoms with Crippen LogP contribution >= 0.6 is 0 Å². The Morgan fingerprint density at radius 3 is 2.68 bits per heavy atom. The van der Waals surface area contributed by atoms with Crippen LogP contribution in [0.3, 0.4) is 0 Å². The van der Waals surface area contributed by atoms with Crippen molar-refractivity contribution in [3.63, 3.8) is 0 Å². The average Bonchev–Trinajstić information content (AvgIpc) is 3.06. The molecule has 1 aliphatic rings. The smallest absolute Gasteiger partial charge is 0.244 e. The van der Waals surface area contributed by atoms with E-state index in [9.17, 15) is 14.0 Å². The molecule has 0 aromatic heterocycles. The molecular formula is C21H21FN2O4. The number of anilines is 1. The fourth-order valence-electron chi connectivity index (χ4n) is 3.08. The number of amides is 2. The summed E-state index contributed by atoms with van der Waals surface area (Å²) in [6.45, 7) is 0.304. The molecule has 0 saturated carbocycles. The second kappa shape index (κ2) is 8.56. The zero-order chi connectivity index (χ0) is 20.1. The van der Waals surface area contributed by atoms with E-state index in [1.165, 1.54) is 23.1 Å². The van der Waals surface area contributed by atoms with Crippen molar-refractivity contribution < 1.29 is 23.5 Å². The van der Waals surface area contributed by atoms with Gasteiger partial charge in [-0.3, -0.25) is 9.59 Å². The van der Waals surface area contributed by atoms with Crippen LogP contribution in [0, 0.1) is 5.82 Å². The van der Waals surface area contributed by atoms with E-state index in [1.54, 1.807) is 50.6 Å². The lowest BCUT2D eigenvalue weighted by molar-refractivity contribution is -0.117. The Labute approximate surface area is 162 Å². The lowest BCUT2D eigenvalue weighted by Crippen LogP contribution is -2.36. The molecule has 2 aromatic carbocycles. The van der Waals surface area contributed by atoms with Gasteiger partial charge in [0.15, 0.2) is 11.5 Å². The van der Waals surface area contributed by atoms with Crippen molar-refractivity contribution in [3.8, 4) is 11.5 Å². The third kappa shape index (κ3) is 4.49. The summed E-state index contributed by atoms with van der Waals surface area (Å²) in [7, 11) is 3.09. The molecule has 1 aliphatic heterocycles. The minimum absolute atomic E-state index is 0.153. The maximum atomic E-state index is 13.4. The molecular weight excluding hydrogens is 363 g/mol. The molecule has 0 bridgehead atoms. The molecule has 0 unspecified atom stereocenters. The second-order valence-corrected chi connectivity index (χ2v) is 6.34. The van der Waals surface area contributed by atoms with Gasteiger partial charge in [-0.05, 0) is 42.0 Å². The number of methoxy groups -OCH3 is 2. The predicted molar refractivity (Wildman–Crippen MR) is 104 cm³/mol. The number of nitrogens with zero attached hydrogens (tertiary/aromatic N) is 1. The zero-order valence-corrected chi connectivity index (χ0v) is 15.6. The van der Waals surface area contributed by atoms with Crippen LogP contribution in [0.15, 0.2) is 48.5 Å². The molecule has 0 radical (unpaired) electrons. The summed E-state index contributed by atoms with van der Waals surface area (Å²) in [4.78, 5) is 25.9. The first-order chi connectivity index (χ1) is 13.5. The topological polar surface area (TPSA) is 67.9 Å². The van der Waals surface area contributed by atoms with Crippen LogP contribution in [0.2, 0.25) is 0 Å². The molecule has 28 heavy (non-hydrogen) atoms. The van der Waals surface area contributed by atoms with E-state index in [1.807, 2.05) is 0 Å². The summed E-state index contributed by atoms with van der Waals surface area (Å²) in [5, 5.41) is 2.81. The molecule has 2 aromatic rings. The highest BCUT2D eigenvalue weighted by atomic mass is 19.1. The van der Waals surface area contributed by atoms with Gasteiger partial charge in [0.1, 0.15) is 5.82 Å². The third-order valence-corrected chi connectivity index (χ3v) is 4.43. The van der Waals surface area contributed by atoms with E-state index < -0.39 is 5.82 Å². The van der Waals surface area contributed by atoms with Gasteiger partial charge in [0.05, 0.1) is 20.3 Å². The molecule has 1 N–H and O–H groups in total. The number of benzene rings is 2. The van der Waals surface area contributed by atoms with Crippen LogP contribution in [0.4, 0.5) is 10.1 Å². The standard InChI is InChI=1S/C21H21FN2O4/c1-27-18-8-6-14(10-19(18)28-2)7-9-20(25)23-16-12-21(26)24(13-16)17-5-3-4-15(22)11-17/h3-11,16H,12-13H2,1-2H3,(H,23,25)/b9-7-/t16-/m0/s1. The molecule has 7 heteroatoms. The number of halogens is 1. The monoisotopic (exact) mass is 384 g/mol. The van der Waals surface area contributed by atoms with E-state index in [2.05, 4.69) is 5.32 Å². The van der Waals surface area contributed by atoms with Gasteiger partial charge in [0, 0.05) is 24.7 Å². The maximum absolute atomic E-state index is 13.4. The van der Waals surface area contributed by atoms with Crippen molar-refractivity contribution in [2.45, 2.75) is 12.5 Å². The van der Waals surface area contributed by atoms with E-state index in [-0.39, 0.29) is 24.3 Å². The highest BCUT2D eigenvalue weighted by molar-refractivity contribution is 5.98. The zero-order valence-electron chi connectivity index (χ0n) is 15.6. The fraction of sp³-hybridized carbons (Fsp3) is 0.238. The molecule has 146 valence electrons. The molecule has 0 spiro atoms. The van der Waals surface area contributed by atoms with Gasteiger partial charge >= 0.3 is 0 Å². The van der Waals surface area contributed by atoms with E-state index in [0.29, 0.717) is 23.7 Å². The Kier molecular flexibility index (Phi) is 5.93. The molecule has 1 heterocycles. The van der Waals surface area contributed by atoms with Crippen LogP contribution in [0.5, 0.6) is 11.5 Å². The number of carbonyl (C=O) groups excluding carboxylic acids is 2. The number of hydrogen-bond acceptors (Lipinski definition) is 4. The Morgan fingerprint density at radius 2 is 1.96 bits per heavy atom. The largest absolute Gasteiger partial charge is 0.493 e. The normalized spacial score (nSPS) is 16.5. The molecule has 1 saturated heterocycles. The number of ether oxygens (including phenoxy) is 2. The Balaban J connectivity index is 1.61. The van der Waals surface area contributed by atoms with Gasteiger partial charge in [0.2, 0.25) is 11.8 Å². The van der Waals surface area contributed by atoms with Crippen molar-refractivity contribution in [1.82, 2.24) is 5.32 Å². The summed E-state index contributed by atoms with van der Waals surface area (Å²) in [6.07, 6.45) is 3.22. The van der Waals surface area contributed by atoms with Crippen molar-refractivity contribution in [2.75, 3.05) is 25.7 Å². The Morgan fingerprint density at radius 1 is 1.18 bits per heavy atom. The number of rotatable bonds is 6. The molecule has 6 nitrogen and oxygen atoms in total. The first kappa shape index (κ1) is 19.4. The van der Waals surface area contributed by atoms with E-state index >= 15 is 0 Å². The van der Waals surface area contributed by atoms with Gasteiger partial charge < -0.3 is 19.7 Å². The van der Waals surface area contributed by atoms with E-state index in [0.717, 1.165) is 5.56 Å². The van der Waals surface area contributed by atoms with Crippen LogP contribution in [-0.4, -0.2) is 38.6 Å². The quantitative estimate of drug-likeness (QED) is 0.778.